The Balaban J connectivity index is 4.88. The Morgan fingerprint density at radius 3 is 2.20 bits per heavy atom. The fraction of sp³-hybridized carbons (Fsp3) is 0.800. The summed E-state index contributed by atoms with van der Waals surface area (Å²) in [5, 5.41) is 18.7. The highest BCUT2D eigenvalue weighted by Crippen LogP contribution is 2.08. The molecule has 9 nitrogen and oxygen atoms in total. The highest BCUT2D eigenvalue weighted by Gasteiger charge is 2.27. The third-order valence-corrected chi connectivity index (χ3v) is 5.12. The molecule has 4 unspecified atom stereocenters. The van der Waals surface area contributed by atoms with E-state index < -0.39 is 42.1 Å². The summed E-state index contributed by atoms with van der Waals surface area (Å²) in [4.78, 5) is 47.5. The number of aliphatic hydroxyl groups is 1. The molecule has 0 saturated heterocycles. The van der Waals surface area contributed by atoms with E-state index in [4.69, 9.17) is 0 Å². The van der Waals surface area contributed by atoms with E-state index in [1.807, 2.05) is 20.1 Å². The minimum Gasteiger partial charge on any atom is -0.469 e. The van der Waals surface area contributed by atoms with E-state index in [-0.39, 0.29) is 24.5 Å². The van der Waals surface area contributed by atoms with Crippen molar-refractivity contribution in [2.24, 2.45) is 5.92 Å². The fourth-order valence-corrected chi connectivity index (χ4v) is 3.18. The molecule has 0 rings (SSSR count). The molecule has 0 radical (unpaired) electrons. The lowest BCUT2D eigenvalue weighted by molar-refractivity contribution is -0.142. The van der Waals surface area contributed by atoms with Crippen LogP contribution in [0.4, 0.5) is 0 Å². The minimum atomic E-state index is -1.18. The summed E-state index contributed by atoms with van der Waals surface area (Å²) in [5.74, 6) is -0.489. The lowest BCUT2D eigenvalue weighted by atomic mass is 10.0. The van der Waals surface area contributed by atoms with Crippen LogP contribution in [-0.4, -0.2) is 72.1 Å². The van der Waals surface area contributed by atoms with Crippen LogP contribution in [0.1, 0.15) is 53.4 Å². The molecule has 10 heteroatoms. The lowest BCUT2D eigenvalue weighted by Gasteiger charge is -2.28. The number of rotatable bonds is 15. The third kappa shape index (κ3) is 12.1. The average Bonchev–Trinajstić information content (AvgIpc) is 2.67. The summed E-state index contributed by atoms with van der Waals surface area (Å²) in [6, 6.07) is -2.00. The number of carbonyl (C=O) groups excluding carboxylic acids is 4. The number of nitrogens with one attached hydrogen (secondary N) is 3. The van der Waals surface area contributed by atoms with Crippen LogP contribution >= 0.6 is 11.8 Å². The highest BCUT2D eigenvalue weighted by molar-refractivity contribution is 7.98. The van der Waals surface area contributed by atoms with Crippen LogP contribution in [0, 0.1) is 5.92 Å². The SMILES string of the molecule is COC(=O)CCC(=O)NC(CCSC)C(O)NC(C)C(=O)NC(CC(C)C)C(C)=O. The van der Waals surface area contributed by atoms with E-state index in [2.05, 4.69) is 20.7 Å². The maximum absolute atomic E-state index is 12.5. The van der Waals surface area contributed by atoms with Crippen LogP contribution in [0.25, 0.3) is 0 Å². The molecule has 0 spiro atoms. The van der Waals surface area contributed by atoms with Gasteiger partial charge in [0.05, 0.1) is 31.7 Å². The van der Waals surface area contributed by atoms with Gasteiger partial charge in [-0.15, -0.1) is 0 Å². The van der Waals surface area contributed by atoms with Gasteiger partial charge in [-0.3, -0.25) is 24.5 Å². The molecule has 4 N–H and O–H groups in total. The van der Waals surface area contributed by atoms with Crippen LogP contribution in [0.2, 0.25) is 0 Å². The van der Waals surface area contributed by atoms with E-state index in [1.54, 1.807) is 18.7 Å². The quantitative estimate of drug-likeness (QED) is 0.212. The van der Waals surface area contributed by atoms with Crippen molar-refractivity contribution < 1.29 is 29.0 Å². The number of methoxy groups -OCH3 is 1. The van der Waals surface area contributed by atoms with E-state index in [9.17, 15) is 24.3 Å². The van der Waals surface area contributed by atoms with E-state index in [0.717, 1.165) is 0 Å². The first-order valence-electron chi connectivity index (χ1n) is 10.1. The van der Waals surface area contributed by atoms with Gasteiger partial charge in [0.25, 0.3) is 0 Å². The predicted octanol–water partition coefficient (Wildman–Crippen LogP) is 0.594. The van der Waals surface area contributed by atoms with Crippen LogP contribution in [-0.2, 0) is 23.9 Å². The molecular formula is C20H37N3O6S. The van der Waals surface area contributed by atoms with E-state index in [1.165, 1.54) is 14.0 Å². The Kier molecular flexibility index (Phi) is 14.4. The molecule has 0 saturated carbocycles. The van der Waals surface area contributed by atoms with Crippen molar-refractivity contribution in [3.8, 4) is 0 Å². The molecule has 0 aromatic rings. The predicted molar refractivity (Wildman–Crippen MR) is 117 cm³/mol. The van der Waals surface area contributed by atoms with Crippen molar-refractivity contribution >= 4 is 35.3 Å². The van der Waals surface area contributed by atoms with Crippen molar-refractivity contribution in [2.45, 2.75) is 77.7 Å². The van der Waals surface area contributed by atoms with Gasteiger partial charge in [-0.2, -0.15) is 11.8 Å². The monoisotopic (exact) mass is 447 g/mol. The molecule has 0 aliphatic heterocycles. The number of thioether (sulfide) groups is 1. The summed E-state index contributed by atoms with van der Waals surface area (Å²) in [5.41, 5.74) is 0. The second kappa shape index (κ2) is 15.2. The number of hydrogen-bond acceptors (Lipinski definition) is 8. The highest BCUT2D eigenvalue weighted by atomic mass is 32.2. The summed E-state index contributed by atoms with van der Waals surface area (Å²) >= 11 is 1.56. The third-order valence-electron chi connectivity index (χ3n) is 4.47. The Hall–Kier alpha value is -1.65. The summed E-state index contributed by atoms with van der Waals surface area (Å²) < 4.78 is 4.52. The fourth-order valence-electron chi connectivity index (χ4n) is 2.69. The van der Waals surface area contributed by atoms with Crippen molar-refractivity contribution in [1.82, 2.24) is 16.0 Å². The average molecular weight is 448 g/mol. The molecular weight excluding hydrogens is 410 g/mol. The number of esters is 1. The van der Waals surface area contributed by atoms with E-state index in [0.29, 0.717) is 18.6 Å². The number of ether oxygens (including phenoxy) is 1. The standard InChI is InChI=1S/C20H37N3O6S/c1-12(2)11-16(14(4)24)23-19(27)13(3)21-20(28)15(9-10-30-6)22-17(25)7-8-18(26)29-5/h12-13,15-16,20-21,28H,7-11H2,1-6H3,(H,22,25)(H,23,27). The molecule has 0 aromatic carbocycles. The summed E-state index contributed by atoms with van der Waals surface area (Å²) in [6.45, 7) is 6.94. The smallest absolute Gasteiger partial charge is 0.306 e. The number of amides is 2. The molecule has 0 fully saturated rings. The summed E-state index contributed by atoms with van der Waals surface area (Å²) in [7, 11) is 1.25. The van der Waals surface area contributed by atoms with Gasteiger partial charge in [0.1, 0.15) is 6.23 Å². The van der Waals surface area contributed by atoms with Crippen molar-refractivity contribution in [2.75, 3.05) is 19.1 Å². The van der Waals surface area contributed by atoms with Gasteiger partial charge in [0.2, 0.25) is 11.8 Å². The van der Waals surface area contributed by atoms with Gasteiger partial charge in [-0.05, 0) is 44.6 Å². The summed E-state index contributed by atoms with van der Waals surface area (Å²) in [6.07, 6.45) is 1.62. The molecule has 0 heterocycles. The zero-order chi connectivity index (χ0) is 23.3. The number of carbonyl (C=O) groups is 4. The van der Waals surface area contributed by atoms with Gasteiger partial charge in [-0.1, -0.05) is 13.8 Å². The van der Waals surface area contributed by atoms with Crippen LogP contribution in [0.3, 0.4) is 0 Å². The molecule has 0 aliphatic carbocycles. The number of Topliss-reactive ketones (excluding diaryl/α,β-unsaturated/α-hetero) is 1. The number of hydrogen-bond donors (Lipinski definition) is 4. The first-order valence-corrected chi connectivity index (χ1v) is 11.5. The zero-order valence-electron chi connectivity index (χ0n) is 18.8. The maximum Gasteiger partial charge on any atom is 0.306 e. The lowest BCUT2D eigenvalue weighted by Crippen LogP contribution is -2.57. The van der Waals surface area contributed by atoms with Gasteiger partial charge in [0, 0.05) is 6.42 Å². The second-order valence-corrected chi connectivity index (χ2v) is 8.65. The molecule has 174 valence electrons. The first-order chi connectivity index (χ1) is 14.0. The first kappa shape index (κ1) is 28.4. The largest absolute Gasteiger partial charge is 0.469 e. The van der Waals surface area contributed by atoms with Gasteiger partial charge in [0.15, 0.2) is 5.78 Å². The molecule has 0 aliphatic rings. The number of aliphatic hydroxyl groups excluding tert-OH is 1. The molecule has 0 aromatic heterocycles. The topological polar surface area (TPSA) is 134 Å². The van der Waals surface area contributed by atoms with Crippen molar-refractivity contribution in [3.05, 3.63) is 0 Å². The van der Waals surface area contributed by atoms with Gasteiger partial charge < -0.3 is 20.5 Å². The second-order valence-electron chi connectivity index (χ2n) is 7.67. The minimum absolute atomic E-state index is 0.0534. The Morgan fingerprint density at radius 2 is 1.70 bits per heavy atom. The van der Waals surface area contributed by atoms with Gasteiger partial charge in [-0.25, -0.2) is 0 Å². The Labute approximate surface area is 183 Å². The van der Waals surface area contributed by atoms with Crippen molar-refractivity contribution in [3.63, 3.8) is 0 Å². The van der Waals surface area contributed by atoms with Gasteiger partial charge >= 0.3 is 5.97 Å². The Bertz CT molecular complexity index is 573. The zero-order valence-corrected chi connectivity index (χ0v) is 19.6. The van der Waals surface area contributed by atoms with Crippen LogP contribution in [0.5, 0.6) is 0 Å². The Morgan fingerprint density at radius 1 is 1.07 bits per heavy atom. The van der Waals surface area contributed by atoms with Crippen molar-refractivity contribution in [1.29, 1.82) is 0 Å². The van der Waals surface area contributed by atoms with E-state index >= 15 is 0 Å². The number of ketones is 1. The normalized spacial score (nSPS) is 15.1. The maximum atomic E-state index is 12.5. The van der Waals surface area contributed by atoms with Crippen LogP contribution in [0.15, 0.2) is 0 Å². The molecule has 0 bridgehead atoms. The molecule has 2 amide bonds. The molecule has 4 atom stereocenters. The van der Waals surface area contributed by atoms with Crippen LogP contribution < -0.4 is 16.0 Å². The molecule has 30 heavy (non-hydrogen) atoms.